The molecular weight excluding hydrogens is 224 g/mol. The molecule has 0 heterocycles. The Morgan fingerprint density at radius 3 is 2.50 bits per heavy atom. The quantitative estimate of drug-likeness (QED) is 0.439. The standard InChI is InChI=1S/C12H22O3S/c1-3-4-9-15-12(14)8-7-11(13)6-5-10-16-2/h3-10H2,1-2H3. The summed E-state index contributed by atoms with van der Waals surface area (Å²) in [6.45, 7) is 2.53. The summed E-state index contributed by atoms with van der Waals surface area (Å²) >= 11 is 1.74. The highest BCUT2D eigenvalue weighted by molar-refractivity contribution is 7.98. The minimum Gasteiger partial charge on any atom is -0.466 e. The van der Waals surface area contributed by atoms with Gasteiger partial charge in [-0.05, 0) is 24.9 Å². The third-order valence-electron chi connectivity index (χ3n) is 2.17. The summed E-state index contributed by atoms with van der Waals surface area (Å²) < 4.78 is 4.96. The second-order valence-electron chi connectivity index (χ2n) is 3.71. The Balaban J connectivity index is 3.40. The zero-order chi connectivity index (χ0) is 12.2. The fourth-order valence-electron chi connectivity index (χ4n) is 1.18. The molecule has 0 aliphatic rings. The van der Waals surface area contributed by atoms with Gasteiger partial charge in [0.25, 0.3) is 0 Å². The van der Waals surface area contributed by atoms with Crippen LogP contribution < -0.4 is 0 Å². The maximum absolute atomic E-state index is 11.3. The predicted molar refractivity (Wildman–Crippen MR) is 67.7 cm³/mol. The molecule has 0 unspecified atom stereocenters. The van der Waals surface area contributed by atoms with Crippen molar-refractivity contribution in [2.45, 2.75) is 45.4 Å². The van der Waals surface area contributed by atoms with Gasteiger partial charge in [0.1, 0.15) is 5.78 Å². The van der Waals surface area contributed by atoms with Crippen LogP contribution >= 0.6 is 11.8 Å². The highest BCUT2D eigenvalue weighted by atomic mass is 32.2. The summed E-state index contributed by atoms with van der Waals surface area (Å²) in [5.74, 6) is 0.931. The molecule has 0 rings (SSSR count). The van der Waals surface area contributed by atoms with E-state index >= 15 is 0 Å². The van der Waals surface area contributed by atoms with Gasteiger partial charge in [-0.15, -0.1) is 0 Å². The van der Waals surface area contributed by atoms with Crippen molar-refractivity contribution >= 4 is 23.5 Å². The van der Waals surface area contributed by atoms with Gasteiger partial charge in [-0.25, -0.2) is 0 Å². The molecule has 0 atom stereocenters. The number of Topliss-reactive ketones (excluding diaryl/α,β-unsaturated/α-hetero) is 1. The highest BCUT2D eigenvalue weighted by Crippen LogP contribution is 2.04. The first-order chi connectivity index (χ1) is 7.70. The largest absolute Gasteiger partial charge is 0.466 e. The van der Waals surface area contributed by atoms with E-state index in [0.717, 1.165) is 25.0 Å². The summed E-state index contributed by atoms with van der Waals surface area (Å²) in [7, 11) is 0. The van der Waals surface area contributed by atoms with Crippen LogP contribution in [0.1, 0.15) is 45.4 Å². The zero-order valence-corrected chi connectivity index (χ0v) is 11.1. The number of carbonyl (C=O) groups excluding carboxylic acids is 2. The van der Waals surface area contributed by atoms with E-state index in [9.17, 15) is 9.59 Å². The van der Waals surface area contributed by atoms with E-state index in [1.807, 2.05) is 13.2 Å². The Kier molecular flexibility index (Phi) is 10.6. The van der Waals surface area contributed by atoms with Crippen molar-refractivity contribution in [3.8, 4) is 0 Å². The Morgan fingerprint density at radius 1 is 1.12 bits per heavy atom. The summed E-state index contributed by atoms with van der Waals surface area (Å²) in [6, 6.07) is 0. The number of ketones is 1. The zero-order valence-electron chi connectivity index (χ0n) is 10.3. The topological polar surface area (TPSA) is 43.4 Å². The summed E-state index contributed by atoms with van der Waals surface area (Å²) in [5.41, 5.74) is 0. The molecule has 0 aromatic carbocycles. The number of unbranched alkanes of at least 4 members (excludes halogenated alkanes) is 1. The number of ether oxygens (including phenoxy) is 1. The summed E-state index contributed by atoms with van der Waals surface area (Å²) in [6.07, 6.45) is 6.00. The van der Waals surface area contributed by atoms with E-state index in [1.54, 1.807) is 11.8 Å². The van der Waals surface area contributed by atoms with Gasteiger partial charge in [0.2, 0.25) is 0 Å². The van der Waals surface area contributed by atoms with Crippen LogP contribution in [0.5, 0.6) is 0 Å². The summed E-state index contributed by atoms with van der Waals surface area (Å²) in [5, 5.41) is 0. The first kappa shape index (κ1) is 15.5. The molecule has 0 N–H and O–H groups in total. The Morgan fingerprint density at radius 2 is 1.88 bits per heavy atom. The number of hydrogen-bond acceptors (Lipinski definition) is 4. The molecule has 3 nitrogen and oxygen atoms in total. The van der Waals surface area contributed by atoms with Crippen molar-refractivity contribution in [1.29, 1.82) is 0 Å². The average molecular weight is 246 g/mol. The van der Waals surface area contributed by atoms with Crippen molar-refractivity contribution in [3.63, 3.8) is 0 Å². The van der Waals surface area contributed by atoms with E-state index in [-0.39, 0.29) is 18.2 Å². The molecule has 0 saturated heterocycles. The second kappa shape index (κ2) is 11.0. The molecule has 0 spiro atoms. The predicted octanol–water partition coefficient (Wildman–Crippen LogP) is 2.82. The van der Waals surface area contributed by atoms with Crippen LogP contribution in [0.15, 0.2) is 0 Å². The lowest BCUT2D eigenvalue weighted by Gasteiger charge is -2.03. The van der Waals surface area contributed by atoms with Crippen molar-refractivity contribution in [1.82, 2.24) is 0 Å². The SMILES string of the molecule is CCCCOC(=O)CCC(=O)CCCSC. The molecule has 0 fully saturated rings. The molecule has 0 aliphatic carbocycles. The lowest BCUT2D eigenvalue weighted by atomic mass is 10.1. The molecule has 0 aromatic rings. The molecule has 0 amide bonds. The fourth-order valence-corrected chi connectivity index (χ4v) is 1.62. The van der Waals surface area contributed by atoms with Crippen LogP contribution in [-0.2, 0) is 14.3 Å². The van der Waals surface area contributed by atoms with Gasteiger partial charge in [-0.2, -0.15) is 11.8 Å². The molecule has 0 bridgehead atoms. The molecule has 94 valence electrons. The Hall–Kier alpha value is -0.510. The molecule has 16 heavy (non-hydrogen) atoms. The van der Waals surface area contributed by atoms with E-state index < -0.39 is 0 Å². The van der Waals surface area contributed by atoms with Crippen LogP contribution in [0.25, 0.3) is 0 Å². The monoisotopic (exact) mass is 246 g/mol. The van der Waals surface area contributed by atoms with E-state index in [2.05, 4.69) is 0 Å². The number of rotatable bonds is 10. The number of esters is 1. The summed E-state index contributed by atoms with van der Waals surface area (Å²) in [4.78, 5) is 22.5. The van der Waals surface area contributed by atoms with Gasteiger partial charge >= 0.3 is 5.97 Å². The molecule has 0 radical (unpaired) electrons. The lowest BCUT2D eigenvalue weighted by Crippen LogP contribution is -2.08. The number of hydrogen-bond donors (Lipinski definition) is 0. The molecule has 0 aromatic heterocycles. The smallest absolute Gasteiger partial charge is 0.306 e. The van der Waals surface area contributed by atoms with Gasteiger partial charge in [0.05, 0.1) is 13.0 Å². The third-order valence-corrected chi connectivity index (χ3v) is 2.87. The Labute approximate surface area is 102 Å². The van der Waals surface area contributed by atoms with E-state index in [4.69, 9.17) is 4.74 Å². The van der Waals surface area contributed by atoms with Crippen molar-refractivity contribution in [3.05, 3.63) is 0 Å². The Bertz CT molecular complexity index is 182. The van der Waals surface area contributed by atoms with Gasteiger partial charge in [0.15, 0.2) is 0 Å². The molecule has 0 saturated carbocycles. The third kappa shape index (κ3) is 10.0. The van der Waals surface area contributed by atoms with Crippen molar-refractivity contribution < 1.29 is 14.3 Å². The van der Waals surface area contributed by atoms with Gasteiger partial charge < -0.3 is 4.74 Å². The number of carbonyl (C=O) groups is 2. The highest BCUT2D eigenvalue weighted by Gasteiger charge is 2.07. The fraction of sp³-hybridized carbons (Fsp3) is 0.833. The number of thioether (sulfide) groups is 1. The maximum atomic E-state index is 11.3. The van der Waals surface area contributed by atoms with Crippen LogP contribution in [0.3, 0.4) is 0 Å². The van der Waals surface area contributed by atoms with Crippen LogP contribution in [0.4, 0.5) is 0 Å². The second-order valence-corrected chi connectivity index (χ2v) is 4.69. The minimum absolute atomic E-state index is 0.168. The van der Waals surface area contributed by atoms with E-state index in [0.29, 0.717) is 19.4 Å². The van der Waals surface area contributed by atoms with Crippen LogP contribution in [-0.4, -0.2) is 30.4 Å². The van der Waals surface area contributed by atoms with Crippen LogP contribution in [0.2, 0.25) is 0 Å². The first-order valence-corrected chi connectivity index (χ1v) is 7.26. The maximum Gasteiger partial charge on any atom is 0.306 e. The average Bonchev–Trinajstić information content (AvgIpc) is 2.27. The van der Waals surface area contributed by atoms with E-state index in [1.165, 1.54) is 0 Å². The van der Waals surface area contributed by atoms with Crippen molar-refractivity contribution in [2.75, 3.05) is 18.6 Å². The van der Waals surface area contributed by atoms with Gasteiger partial charge in [-0.3, -0.25) is 9.59 Å². The molecular formula is C12H22O3S. The lowest BCUT2D eigenvalue weighted by molar-refractivity contribution is -0.144. The molecule has 0 aliphatic heterocycles. The molecule has 4 heteroatoms. The normalized spacial score (nSPS) is 10.1. The van der Waals surface area contributed by atoms with Gasteiger partial charge in [0, 0.05) is 12.8 Å². The van der Waals surface area contributed by atoms with Gasteiger partial charge in [-0.1, -0.05) is 13.3 Å². The van der Waals surface area contributed by atoms with Crippen LogP contribution in [0, 0.1) is 0 Å². The minimum atomic E-state index is -0.244. The first-order valence-electron chi connectivity index (χ1n) is 5.87. The van der Waals surface area contributed by atoms with Crippen molar-refractivity contribution in [2.24, 2.45) is 0 Å².